The first-order chi connectivity index (χ1) is 9.24. The lowest BCUT2D eigenvalue weighted by molar-refractivity contribution is 0.0760. The Morgan fingerprint density at radius 1 is 1.32 bits per heavy atom. The summed E-state index contributed by atoms with van der Waals surface area (Å²) < 4.78 is 1.89. The van der Waals surface area contributed by atoms with Crippen LogP contribution >= 0.6 is 0 Å². The summed E-state index contributed by atoms with van der Waals surface area (Å²) in [6, 6.07) is 0. The van der Waals surface area contributed by atoms with Crippen LogP contribution in [0.5, 0.6) is 0 Å². The van der Waals surface area contributed by atoms with E-state index in [9.17, 15) is 4.79 Å². The Hall–Kier alpha value is -1.36. The molecule has 0 radical (unpaired) electrons. The predicted molar refractivity (Wildman–Crippen MR) is 75.0 cm³/mol. The first kappa shape index (κ1) is 14.1. The monoisotopic (exact) mass is 264 g/mol. The largest absolute Gasteiger partial charge is 0.339 e. The zero-order valence-corrected chi connectivity index (χ0v) is 11.8. The van der Waals surface area contributed by atoms with Gasteiger partial charge in [0.05, 0.1) is 11.8 Å². The van der Waals surface area contributed by atoms with Gasteiger partial charge in [-0.1, -0.05) is 12.8 Å². The van der Waals surface area contributed by atoms with Crippen LogP contribution in [0, 0.1) is 6.92 Å². The highest BCUT2D eigenvalue weighted by Crippen LogP contribution is 2.15. The molecular weight excluding hydrogens is 240 g/mol. The third-order valence-electron chi connectivity index (χ3n) is 3.80. The van der Waals surface area contributed by atoms with Gasteiger partial charge < -0.3 is 10.6 Å². The first-order valence-electron chi connectivity index (χ1n) is 7.26. The summed E-state index contributed by atoms with van der Waals surface area (Å²) in [5.74, 6) is 0.137. The maximum atomic E-state index is 12.5. The predicted octanol–water partition coefficient (Wildman–Crippen LogP) is 1.56. The molecule has 1 saturated heterocycles. The molecule has 19 heavy (non-hydrogen) atoms. The van der Waals surface area contributed by atoms with Crippen LogP contribution in [-0.4, -0.2) is 40.2 Å². The number of hydrogen-bond acceptors (Lipinski definition) is 3. The number of amides is 1. The summed E-state index contributed by atoms with van der Waals surface area (Å²) in [6.45, 7) is 5.16. The molecule has 1 aromatic heterocycles. The molecular formula is C14H24N4O. The van der Waals surface area contributed by atoms with Gasteiger partial charge in [-0.2, -0.15) is 5.10 Å². The fourth-order valence-corrected chi connectivity index (χ4v) is 2.57. The van der Waals surface area contributed by atoms with Gasteiger partial charge in [0.25, 0.3) is 5.91 Å². The topological polar surface area (TPSA) is 64.2 Å². The molecule has 106 valence electrons. The van der Waals surface area contributed by atoms with E-state index in [2.05, 4.69) is 5.10 Å². The first-order valence-corrected chi connectivity index (χ1v) is 7.26. The second-order valence-corrected chi connectivity index (χ2v) is 5.22. The molecule has 0 saturated carbocycles. The van der Waals surface area contributed by atoms with Crippen molar-refractivity contribution in [1.29, 1.82) is 0 Å². The zero-order valence-electron chi connectivity index (χ0n) is 11.8. The Kier molecular flexibility index (Phi) is 4.96. The molecule has 2 rings (SSSR count). The molecule has 1 fully saturated rings. The minimum atomic E-state index is 0.137. The lowest BCUT2D eigenvalue weighted by Gasteiger charge is -2.20. The van der Waals surface area contributed by atoms with E-state index < -0.39 is 0 Å². The van der Waals surface area contributed by atoms with E-state index in [1.165, 1.54) is 12.8 Å². The SMILES string of the molecule is Cc1c(C(=O)N2CCCCCC2)cnn1CCCN. The van der Waals surface area contributed by atoms with Crippen molar-refractivity contribution < 1.29 is 4.79 Å². The van der Waals surface area contributed by atoms with Gasteiger partial charge in [-0.05, 0) is 32.7 Å². The fourth-order valence-electron chi connectivity index (χ4n) is 2.57. The molecule has 1 aliphatic rings. The van der Waals surface area contributed by atoms with E-state index in [1.54, 1.807) is 6.20 Å². The lowest BCUT2D eigenvalue weighted by atomic mass is 10.2. The van der Waals surface area contributed by atoms with Gasteiger partial charge >= 0.3 is 0 Å². The van der Waals surface area contributed by atoms with Crippen molar-refractivity contribution in [2.24, 2.45) is 5.73 Å². The Bertz CT molecular complexity index is 419. The highest BCUT2D eigenvalue weighted by atomic mass is 16.2. The van der Waals surface area contributed by atoms with E-state index in [1.807, 2.05) is 16.5 Å². The maximum Gasteiger partial charge on any atom is 0.257 e. The fraction of sp³-hybridized carbons (Fsp3) is 0.714. The molecule has 0 aromatic carbocycles. The van der Waals surface area contributed by atoms with Gasteiger partial charge in [0.2, 0.25) is 0 Å². The van der Waals surface area contributed by atoms with E-state index in [4.69, 9.17) is 5.73 Å². The number of carbonyl (C=O) groups is 1. The molecule has 0 bridgehead atoms. The normalized spacial score (nSPS) is 16.4. The van der Waals surface area contributed by atoms with Gasteiger partial charge in [0.15, 0.2) is 0 Å². The summed E-state index contributed by atoms with van der Waals surface area (Å²) in [5, 5.41) is 4.31. The number of nitrogens with zero attached hydrogens (tertiary/aromatic N) is 3. The van der Waals surface area contributed by atoms with Crippen LogP contribution in [0.1, 0.15) is 48.2 Å². The zero-order chi connectivity index (χ0) is 13.7. The third-order valence-corrected chi connectivity index (χ3v) is 3.80. The number of rotatable bonds is 4. The van der Waals surface area contributed by atoms with Gasteiger partial charge in [0, 0.05) is 25.3 Å². The minimum Gasteiger partial charge on any atom is -0.339 e. The maximum absolute atomic E-state index is 12.5. The minimum absolute atomic E-state index is 0.137. The highest BCUT2D eigenvalue weighted by Gasteiger charge is 2.21. The quantitative estimate of drug-likeness (QED) is 0.897. The number of nitrogens with two attached hydrogens (primary N) is 1. The molecule has 5 nitrogen and oxygen atoms in total. The van der Waals surface area contributed by atoms with E-state index in [-0.39, 0.29) is 5.91 Å². The molecule has 0 atom stereocenters. The Morgan fingerprint density at radius 2 is 2.00 bits per heavy atom. The summed E-state index contributed by atoms with van der Waals surface area (Å²) in [6.07, 6.45) is 7.30. The smallest absolute Gasteiger partial charge is 0.257 e. The molecule has 1 aromatic rings. The third kappa shape index (κ3) is 3.35. The molecule has 0 unspecified atom stereocenters. The van der Waals surface area contributed by atoms with Crippen LogP contribution in [0.15, 0.2) is 6.20 Å². The number of likely N-dealkylation sites (tertiary alicyclic amines) is 1. The Morgan fingerprint density at radius 3 is 2.63 bits per heavy atom. The highest BCUT2D eigenvalue weighted by molar-refractivity contribution is 5.95. The molecule has 0 aliphatic carbocycles. The summed E-state index contributed by atoms with van der Waals surface area (Å²) >= 11 is 0. The van der Waals surface area contributed by atoms with Crippen LogP contribution in [0.2, 0.25) is 0 Å². The number of aromatic nitrogens is 2. The van der Waals surface area contributed by atoms with Crippen LogP contribution in [0.25, 0.3) is 0 Å². The van der Waals surface area contributed by atoms with Gasteiger partial charge in [-0.25, -0.2) is 0 Å². The van der Waals surface area contributed by atoms with Crippen LogP contribution in [0.3, 0.4) is 0 Å². The molecule has 1 aliphatic heterocycles. The number of aryl methyl sites for hydroxylation is 1. The molecule has 0 spiro atoms. The molecule has 5 heteroatoms. The number of hydrogen-bond donors (Lipinski definition) is 1. The Balaban J connectivity index is 2.07. The molecule has 2 heterocycles. The summed E-state index contributed by atoms with van der Waals surface area (Å²) in [7, 11) is 0. The number of carbonyl (C=O) groups excluding carboxylic acids is 1. The van der Waals surface area contributed by atoms with Crippen molar-refractivity contribution in [3.8, 4) is 0 Å². The van der Waals surface area contributed by atoms with E-state index >= 15 is 0 Å². The second kappa shape index (κ2) is 6.70. The lowest BCUT2D eigenvalue weighted by Crippen LogP contribution is -2.32. The van der Waals surface area contributed by atoms with Crippen molar-refractivity contribution in [1.82, 2.24) is 14.7 Å². The van der Waals surface area contributed by atoms with Gasteiger partial charge in [0.1, 0.15) is 0 Å². The van der Waals surface area contributed by atoms with Crippen LogP contribution in [-0.2, 0) is 6.54 Å². The van der Waals surface area contributed by atoms with Crippen molar-refractivity contribution in [2.45, 2.75) is 45.6 Å². The standard InChI is InChI=1S/C14H24N4O/c1-12-13(11-16-18(12)10-6-7-15)14(19)17-8-4-2-3-5-9-17/h11H,2-10,15H2,1H3. The summed E-state index contributed by atoms with van der Waals surface area (Å²) in [5.41, 5.74) is 7.22. The van der Waals surface area contributed by atoms with Crippen molar-refractivity contribution in [2.75, 3.05) is 19.6 Å². The van der Waals surface area contributed by atoms with Crippen LogP contribution in [0.4, 0.5) is 0 Å². The summed E-state index contributed by atoms with van der Waals surface area (Å²) in [4.78, 5) is 14.5. The molecule has 1 amide bonds. The van der Waals surface area contributed by atoms with E-state index in [0.29, 0.717) is 6.54 Å². The van der Waals surface area contributed by atoms with Crippen LogP contribution < -0.4 is 5.73 Å². The average molecular weight is 264 g/mol. The van der Waals surface area contributed by atoms with Crippen molar-refractivity contribution in [3.63, 3.8) is 0 Å². The average Bonchev–Trinajstić information content (AvgIpc) is 2.65. The van der Waals surface area contributed by atoms with Gasteiger partial charge in [-0.3, -0.25) is 9.48 Å². The van der Waals surface area contributed by atoms with Crippen molar-refractivity contribution >= 4 is 5.91 Å². The van der Waals surface area contributed by atoms with Gasteiger partial charge in [-0.15, -0.1) is 0 Å². The Labute approximate surface area is 114 Å². The second-order valence-electron chi connectivity index (χ2n) is 5.22. The molecule has 2 N–H and O–H groups in total. The van der Waals surface area contributed by atoms with E-state index in [0.717, 1.165) is 50.2 Å². The van der Waals surface area contributed by atoms with Crippen molar-refractivity contribution in [3.05, 3.63) is 17.5 Å².